The summed E-state index contributed by atoms with van der Waals surface area (Å²) < 4.78 is 11.2. The maximum atomic E-state index is 8.39. The lowest BCUT2D eigenvalue weighted by Crippen LogP contribution is -2.04. The van der Waals surface area contributed by atoms with Crippen molar-refractivity contribution in [2.45, 2.75) is 76.7 Å². The fourth-order valence-corrected chi connectivity index (χ4v) is 2.49. The minimum atomic E-state index is 0.560. The molecule has 1 fully saturated rings. The van der Waals surface area contributed by atoms with Gasteiger partial charge in [0.05, 0.1) is 12.2 Å². The van der Waals surface area contributed by atoms with Crippen molar-refractivity contribution in [3.05, 3.63) is 0 Å². The van der Waals surface area contributed by atoms with E-state index in [2.05, 4.69) is 6.07 Å². The summed E-state index contributed by atoms with van der Waals surface area (Å²) in [4.78, 5) is 0. The monoisotopic (exact) mass is 267 g/mol. The van der Waals surface area contributed by atoms with Gasteiger partial charge in [-0.05, 0) is 38.5 Å². The molecule has 3 nitrogen and oxygen atoms in total. The second-order valence-electron chi connectivity index (χ2n) is 5.42. The minimum Gasteiger partial charge on any atom is -0.381 e. The van der Waals surface area contributed by atoms with Crippen molar-refractivity contribution in [1.29, 1.82) is 5.26 Å². The molecule has 0 aliphatic carbocycles. The quantitative estimate of drug-likeness (QED) is 0.497. The summed E-state index contributed by atoms with van der Waals surface area (Å²) in [6.45, 7) is 2.74. The Labute approximate surface area is 118 Å². The summed E-state index contributed by atoms with van der Waals surface area (Å²) in [5.41, 5.74) is 0. The zero-order chi connectivity index (χ0) is 13.6. The molecule has 0 spiro atoms. The molecule has 0 aromatic heterocycles. The highest BCUT2D eigenvalue weighted by Crippen LogP contribution is 2.18. The lowest BCUT2D eigenvalue weighted by molar-refractivity contribution is 0.101. The molecule has 0 bridgehead atoms. The number of unbranched alkanes of at least 4 members (excludes halogenated alkanes) is 6. The summed E-state index contributed by atoms with van der Waals surface area (Å²) in [6, 6.07) is 2.17. The maximum absolute atomic E-state index is 8.39. The van der Waals surface area contributed by atoms with E-state index in [1.54, 1.807) is 0 Å². The van der Waals surface area contributed by atoms with Gasteiger partial charge in [-0.15, -0.1) is 0 Å². The number of rotatable bonds is 12. The Kier molecular flexibility index (Phi) is 10.8. The van der Waals surface area contributed by atoms with Gasteiger partial charge in [-0.25, -0.2) is 0 Å². The van der Waals surface area contributed by atoms with Crippen LogP contribution in [-0.2, 0) is 9.47 Å². The van der Waals surface area contributed by atoms with Crippen LogP contribution >= 0.6 is 0 Å². The first-order valence-corrected chi connectivity index (χ1v) is 8.00. The van der Waals surface area contributed by atoms with E-state index in [0.29, 0.717) is 12.5 Å². The molecular weight excluding hydrogens is 238 g/mol. The molecule has 0 aromatic rings. The molecule has 3 heteroatoms. The number of nitrogens with zero attached hydrogens (tertiary/aromatic N) is 1. The second-order valence-corrected chi connectivity index (χ2v) is 5.42. The van der Waals surface area contributed by atoms with Crippen molar-refractivity contribution in [3.8, 4) is 6.07 Å². The maximum Gasteiger partial charge on any atom is 0.0621 e. The van der Waals surface area contributed by atoms with Crippen LogP contribution in [0.2, 0.25) is 0 Å². The van der Waals surface area contributed by atoms with Crippen LogP contribution in [0.3, 0.4) is 0 Å². The fourth-order valence-electron chi connectivity index (χ4n) is 2.49. The molecule has 0 amide bonds. The summed E-state index contributed by atoms with van der Waals surface area (Å²) >= 11 is 0. The molecular formula is C16H29NO2. The standard InChI is InChI=1S/C16H29NO2/c17-12-6-2-4-8-14-18-13-7-3-1-5-10-16-11-9-15-19-16/h16H,1-11,13-15H2. The molecule has 0 aromatic carbocycles. The third-order valence-electron chi connectivity index (χ3n) is 3.67. The molecule has 1 aliphatic heterocycles. The van der Waals surface area contributed by atoms with Crippen LogP contribution in [0.25, 0.3) is 0 Å². The van der Waals surface area contributed by atoms with Gasteiger partial charge in [-0.2, -0.15) is 5.26 Å². The van der Waals surface area contributed by atoms with Crippen molar-refractivity contribution in [2.24, 2.45) is 0 Å². The van der Waals surface area contributed by atoms with Gasteiger partial charge < -0.3 is 9.47 Å². The predicted molar refractivity (Wildman–Crippen MR) is 77.0 cm³/mol. The van der Waals surface area contributed by atoms with Gasteiger partial charge in [0.25, 0.3) is 0 Å². The van der Waals surface area contributed by atoms with E-state index in [1.165, 1.54) is 44.9 Å². The highest BCUT2D eigenvalue weighted by Gasteiger charge is 2.14. The minimum absolute atomic E-state index is 0.560. The van der Waals surface area contributed by atoms with Gasteiger partial charge in [0, 0.05) is 26.2 Å². The molecule has 1 saturated heterocycles. The number of ether oxygens (including phenoxy) is 2. The Morgan fingerprint density at radius 2 is 1.74 bits per heavy atom. The van der Waals surface area contributed by atoms with Crippen LogP contribution in [0.15, 0.2) is 0 Å². The average molecular weight is 267 g/mol. The first kappa shape index (κ1) is 16.5. The molecule has 1 rings (SSSR count). The number of hydrogen-bond donors (Lipinski definition) is 0. The molecule has 1 aliphatic rings. The number of nitriles is 1. The first-order chi connectivity index (χ1) is 9.43. The Bertz CT molecular complexity index is 231. The van der Waals surface area contributed by atoms with E-state index in [0.717, 1.165) is 39.1 Å². The van der Waals surface area contributed by atoms with Gasteiger partial charge in [-0.3, -0.25) is 0 Å². The van der Waals surface area contributed by atoms with E-state index in [4.69, 9.17) is 14.7 Å². The normalized spacial score (nSPS) is 18.6. The van der Waals surface area contributed by atoms with E-state index < -0.39 is 0 Å². The average Bonchev–Trinajstić information content (AvgIpc) is 2.93. The van der Waals surface area contributed by atoms with Gasteiger partial charge in [-0.1, -0.05) is 25.7 Å². The van der Waals surface area contributed by atoms with E-state index in [1.807, 2.05) is 0 Å². The van der Waals surface area contributed by atoms with Crippen molar-refractivity contribution in [3.63, 3.8) is 0 Å². The SMILES string of the molecule is N#CCCCCCOCCCCCCC1CCCO1. The second kappa shape index (κ2) is 12.4. The van der Waals surface area contributed by atoms with Crippen LogP contribution in [0.1, 0.15) is 70.6 Å². The fraction of sp³-hybridized carbons (Fsp3) is 0.938. The van der Waals surface area contributed by atoms with E-state index in [9.17, 15) is 0 Å². The van der Waals surface area contributed by atoms with E-state index >= 15 is 0 Å². The molecule has 19 heavy (non-hydrogen) atoms. The third kappa shape index (κ3) is 9.92. The van der Waals surface area contributed by atoms with Gasteiger partial charge in [0.2, 0.25) is 0 Å². The van der Waals surface area contributed by atoms with E-state index in [-0.39, 0.29) is 0 Å². The van der Waals surface area contributed by atoms with Crippen molar-refractivity contribution < 1.29 is 9.47 Å². The molecule has 0 saturated carbocycles. The van der Waals surface area contributed by atoms with Crippen LogP contribution < -0.4 is 0 Å². The van der Waals surface area contributed by atoms with Crippen LogP contribution in [0.4, 0.5) is 0 Å². The Hall–Kier alpha value is -0.590. The van der Waals surface area contributed by atoms with Crippen molar-refractivity contribution in [2.75, 3.05) is 19.8 Å². The van der Waals surface area contributed by atoms with Crippen molar-refractivity contribution >= 4 is 0 Å². The molecule has 1 atom stereocenters. The Morgan fingerprint density at radius 1 is 1.00 bits per heavy atom. The topological polar surface area (TPSA) is 42.2 Å². The molecule has 1 heterocycles. The van der Waals surface area contributed by atoms with Crippen LogP contribution in [0.5, 0.6) is 0 Å². The molecule has 1 unspecified atom stereocenters. The van der Waals surface area contributed by atoms with Gasteiger partial charge in [0.1, 0.15) is 0 Å². The molecule has 0 radical (unpaired) electrons. The lowest BCUT2D eigenvalue weighted by atomic mass is 10.1. The summed E-state index contributed by atoms with van der Waals surface area (Å²) in [5.74, 6) is 0. The van der Waals surface area contributed by atoms with Crippen molar-refractivity contribution in [1.82, 2.24) is 0 Å². The van der Waals surface area contributed by atoms with Gasteiger partial charge >= 0.3 is 0 Å². The predicted octanol–water partition coefficient (Wildman–Crippen LogP) is 4.22. The smallest absolute Gasteiger partial charge is 0.0621 e. The largest absolute Gasteiger partial charge is 0.381 e. The lowest BCUT2D eigenvalue weighted by Gasteiger charge is -2.08. The van der Waals surface area contributed by atoms with Gasteiger partial charge in [0.15, 0.2) is 0 Å². The first-order valence-electron chi connectivity index (χ1n) is 8.00. The highest BCUT2D eigenvalue weighted by atomic mass is 16.5. The summed E-state index contributed by atoms with van der Waals surface area (Å²) in [5, 5.41) is 8.39. The molecule has 110 valence electrons. The third-order valence-corrected chi connectivity index (χ3v) is 3.67. The Balaban J connectivity index is 1.68. The highest BCUT2D eigenvalue weighted by molar-refractivity contribution is 4.67. The Morgan fingerprint density at radius 3 is 2.42 bits per heavy atom. The molecule has 0 N–H and O–H groups in total. The zero-order valence-electron chi connectivity index (χ0n) is 12.2. The van der Waals surface area contributed by atoms with Crippen LogP contribution in [0, 0.1) is 11.3 Å². The zero-order valence-corrected chi connectivity index (χ0v) is 12.2. The number of hydrogen-bond acceptors (Lipinski definition) is 3. The summed E-state index contributed by atoms with van der Waals surface area (Å²) in [6.07, 6.45) is 13.3. The summed E-state index contributed by atoms with van der Waals surface area (Å²) in [7, 11) is 0. The van der Waals surface area contributed by atoms with Crippen LogP contribution in [-0.4, -0.2) is 25.9 Å².